The zero-order valence-corrected chi connectivity index (χ0v) is 27.1. The van der Waals surface area contributed by atoms with Gasteiger partial charge in [-0.05, 0) is 139 Å². The molecular weight excluding hydrogens is 547 g/mol. The number of carbonyl (C=O) groups excluding carboxylic acids is 2. The fraction of sp³-hybridized carbons (Fsp3) is 0.600. The third kappa shape index (κ3) is 6.05. The van der Waals surface area contributed by atoms with E-state index in [1.54, 1.807) is 13.0 Å². The molecule has 43 heavy (non-hydrogen) atoms. The van der Waals surface area contributed by atoms with Gasteiger partial charge in [0.2, 0.25) is 5.91 Å². The molecule has 3 aliphatic rings. The minimum Gasteiger partial charge on any atom is -0.490 e. The van der Waals surface area contributed by atoms with Crippen LogP contribution in [0.4, 0.5) is 4.39 Å². The molecule has 1 atom stereocenters. The molecule has 0 N–H and O–H groups in total. The van der Waals surface area contributed by atoms with Gasteiger partial charge in [-0.15, -0.1) is 0 Å². The first-order valence-electron chi connectivity index (χ1n) is 15.7. The highest BCUT2D eigenvalue weighted by atomic mass is 19.1. The van der Waals surface area contributed by atoms with E-state index < -0.39 is 23.5 Å². The van der Waals surface area contributed by atoms with Crippen molar-refractivity contribution in [2.45, 2.75) is 105 Å². The van der Waals surface area contributed by atoms with E-state index in [9.17, 15) is 9.59 Å². The summed E-state index contributed by atoms with van der Waals surface area (Å²) in [4.78, 5) is 31.7. The fourth-order valence-electron chi connectivity index (χ4n) is 7.15. The Bertz CT molecular complexity index is 1420. The molecule has 0 radical (unpaired) electrons. The first kappa shape index (κ1) is 31.5. The van der Waals surface area contributed by atoms with Crippen molar-refractivity contribution >= 4 is 11.9 Å². The van der Waals surface area contributed by atoms with Crippen LogP contribution in [0.5, 0.6) is 5.75 Å². The number of hydrogen-bond donors (Lipinski definition) is 0. The van der Waals surface area contributed by atoms with Crippen LogP contribution in [-0.4, -0.2) is 66.7 Å². The molecule has 7 nitrogen and oxygen atoms in total. The summed E-state index contributed by atoms with van der Waals surface area (Å²) in [5.41, 5.74) is 7.14. The normalized spacial score (nSPS) is 18.6. The Hall–Kier alpha value is -2.97. The summed E-state index contributed by atoms with van der Waals surface area (Å²) in [6, 6.07) is 1.75. The third-order valence-corrected chi connectivity index (χ3v) is 9.36. The van der Waals surface area contributed by atoms with Crippen molar-refractivity contribution in [2.24, 2.45) is 0 Å². The summed E-state index contributed by atoms with van der Waals surface area (Å²) in [5.74, 6) is -0.451. The molecule has 8 heteroatoms. The molecule has 2 aromatic carbocycles. The summed E-state index contributed by atoms with van der Waals surface area (Å²) in [6.07, 6.45) is 2.65. The van der Waals surface area contributed by atoms with E-state index in [0.717, 1.165) is 83.3 Å². The Morgan fingerprint density at radius 2 is 1.79 bits per heavy atom. The number of nitrogens with zero attached hydrogens (tertiary/aromatic N) is 2. The van der Waals surface area contributed by atoms with E-state index in [2.05, 4.69) is 11.9 Å². The van der Waals surface area contributed by atoms with Gasteiger partial charge in [0, 0.05) is 23.7 Å². The second kappa shape index (κ2) is 12.2. The van der Waals surface area contributed by atoms with Gasteiger partial charge in [0.25, 0.3) is 0 Å². The molecule has 2 aromatic rings. The van der Waals surface area contributed by atoms with Gasteiger partial charge < -0.3 is 24.0 Å². The lowest BCUT2D eigenvalue weighted by molar-refractivity contribution is -0.166. The average Bonchev–Trinajstić information content (AvgIpc) is 2.96. The highest BCUT2D eigenvalue weighted by Gasteiger charge is 2.39. The topological polar surface area (TPSA) is 68.3 Å². The minimum atomic E-state index is -1.05. The molecule has 0 aliphatic carbocycles. The lowest BCUT2D eigenvalue weighted by Crippen LogP contribution is -2.48. The van der Waals surface area contributed by atoms with Crippen LogP contribution in [0, 0.1) is 26.6 Å². The summed E-state index contributed by atoms with van der Waals surface area (Å²) in [6.45, 7) is 16.7. The van der Waals surface area contributed by atoms with Crippen LogP contribution in [0.25, 0.3) is 11.1 Å². The number of halogens is 1. The highest BCUT2D eigenvalue weighted by Crippen LogP contribution is 2.46. The summed E-state index contributed by atoms with van der Waals surface area (Å²) in [7, 11) is 2.12. The number of rotatable bonds is 6. The van der Waals surface area contributed by atoms with Crippen LogP contribution < -0.4 is 4.74 Å². The van der Waals surface area contributed by atoms with Crippen molar-refractivity contribution in [2.75, 3.05) is 33.4 Å². The number of ether oxygens (including phenoxy) is 3. The van der Waals surface area contributed by atoms with Crippen LogP contribution in [0.1, 0.15) is 92.0 Å². The first-order valence-corrected chi connectivity index (χ1v) is 15.7. The standard InChI is InChI=1S/C35H47FN2O5/c1-9-41-34(40)33(43-35(5,6)7)31-21(3)25-18-29(39)38(23-12-14-37(8)15-13-23)19-27(25)22(4)30(31)26-17-28(36)32-24(20(26)2)11-10-16-42-32/h17,23,33H,9-16,18-19H2,1-8H3/t33-/m0/s1. The monoisotopic (exact) mass is 594 g/mol. The number of carbonyl (C=O) groups is 2. The molecule has 3 heterocycles. The maximum atomic E-state index is 15.7. The maximum Gasteiger partial charge on any atom is 0.339 e. The second-order valence-corrected chi connectivity index (χ2v) is 13.4. The van der Waals surface area contributed by atoms with Gasteiger partial charge in [-0.3, -0.25) is 4.79 Å². The average molecular weight is 595 g/mol. The predicted molar refractivity (Wildman–Crippen MR) is 165 cm³/mol. The number of benzene rings is 2. The van der Waals surface area contributed by atoms with Crippen molar-refractivity contribution in [3.8, 4) is 16.9 Å². The Balaban J connectivity index is 1.76. The number of piperidine rings is 1. The third-order valence-electron chi connectivity index (χ3n) is 9.36. The lowest BCUT2D eigenvalue weighted by Gasteiger charge is -2.41. The molecule has 0 aromatic heterocycles. The molecule has 3 aliphatic heterocycles. The Morgan fingerprint density at radius 1 is 1.09 bits per heavy atom. The van der Waals surface area contributed by atoms with Crippen molar-refractivity contribution in [1.29, 1.82) is 0 Å². The SMILES string of the molecule is CCOC(=O)[C@@H](OC(C)(C)C)c1c(C)c2c(c(C)c1-c1cc(F)c3c(c1C)CCCO3)CN(C1CCN(C)CC1)C(=O)C2. The Labute approximate surface area is 255 Å². The summed E-state index contributed by atoms with van der Waals surface area (Å²) >= 11 is 0. The highest BCUT2D eigenvalue weighted by molar-refractivity contribution is 5.89. The largest absolute Gasteiger partial charge is 0.490 e. The van der Waals surface area contributed by atoms with E-state index >= 15 is 4.39 Å². The Morgan fingerprint density at radius 3 is 2.44 bits per heavy atom. The van der Waals surface area contributed by atoms with Gasteiger partial charge in [0.05, 0.1) is 25.2 Å². The fourth-order valence-corrected chi connectivity index (χ4v) is 7.15. The van der Waals surface area contributed by atoms with Crippen molar-refractivity contribution in [1.82, 2.24) is 9.80 Å². The molecular formula is C35H47FN2O5. The molecule has 5 rings (SSSR count). The number of amides is 1. The molecule has 0 spiro atoms. The van der Waals surface area contributed by atoms with Crippen molar-refractivity contribution < 1.29 is 28.2 Å². The number of hydrogen-bond acceptors (Lipinski definition) is 6. The van der Waals surface area contributed by atoms with Crippen LogP contribution in [0.3, 0.4) is 0 Å². The van der Waals surface area contributed by atoms with Gasteiger partial charge in [-0.25, -0.2) is 9.18 Å². The number of fused-ring (bicyclic) bond motifs is 2. The van der Waals surface area contributed by atoms with Gasteiger partial charge in [0.1, 0.15) is 0 Å². The van der Waals surface area contributed by atoms with Gasteiger partial charge in [-0.2, -0.15) is 0 Å². The van der Waals surface area contributed by atoms with Crippen LogP contribution >= 0.6 is 0 Å². The van der Waals surface area contributed by atoms with Gasteiger partial charge >= 0.3 is 5.97 Å². The zero-order valence-electron chi connectivity index (χ0n) is 27.1. The summed E-state index contributed by atoms with van der Waals surface area (Å²) < 4.78 is 33.5. The molecule has 234 valence electrons. The molecule has 1 fully saturated rings. The van der Waals surface area contributed by atoms with Crippen LogP contribution in [0.15, 0.2) is 6.07 Å². The van der Waals surface area contributed by atoms with Crippen molar-refractivity contribution in [3.05, 3.63) is 50.8 Å². The summed E-state index contributed by atoms with van der Waals surface area (Å²) in [5, 5.41) is 0. The van der Waals surface area contributed by atoms with E-state index in [4.69, 9.17) is 14.2 Å². The van der Waals surface area contributed by atoms with E-state index in [0.29, 0.717) is 24.5 Å². The molecule has 0 unspecified atom stereocenters. The molecule has 1 amide bonds. The zero-order chi connectivity index (χ0) is 31.2. The number of likely N-dealkylation sites (tertiary alicyclic amines) is 1. The predicted octanol–water partition coefficient (Wildman–Crippen LogP) is 6.14. The Kier molecular flexibility index (Phi) is 8.92. The second-order valence-electron chi connectivity index (χ2n) is 13.4. The first-order chi connectivity index (χ1) is 20.3. The van der Waals surface area contributed by atoms with E-state index in [1.807, 2.05) is 46.4 Å². The molecule has 0 saturated carbocycles. The van der Waals surface area contributed by atoms with E-state index in [1.165, 1.54) is 0 Å². The maximum absolute atomic E-state index is 15.7. The number of esters is 1. The molecule has 1 saturated heterocycles. The van der Waals surface area contributed by atoms with Crippen LogP contribution in [0.2, 0.25) is 0 Å². The van der Waals surface area contributed by atoms with Gasteiger partial charge in [0.15, 0.2) is 17.7 Å². The van der Waals surface area contributed by atoms with Crippen LogP contribution in [-0.2, 0) is 38.4 Å². The van der Waals surface area contributed by atoms with Crippen molar-refractivity contribution in [3.63, 3.8) is 0 Å². The minimum absolute atomic E-state index is 0.112. The lowest BCUT2D eigenvalue weighted by atomic mass is 9.78. The smallest absolute Gasteiger partial charge is 0.339 e. The van der Waals surface area contributed by atoms with Gasteiger partial charge in [-0.1, -0.05) is 0 Å². The quantitative estimate of drug-likeness (QED) is 0.374. The van der Waals surface area contributed by atoms with E-state index in [-0.39, 0.29) is 25.0 Å². The molecule has 0 bridgehead atoms.